The standard InChI is InChI=1S/C35H64O16/c1-2-3-4-5-6-7-8-9-33(37)50-30-28-48-26-24-46-22-20-44-18-16-42-14-12-41-13-15-43-17-19-45-21-23-47-25-27-49-29-31-51-34(38)11-10-32(36)35(39)40/h2-31H2,1H3,(H,39,40). The summed E-state index contributed by atoms with van der Waals surface area (Å²) in [5.41, 5.74) is 0. The predicted molar refractivity (Wildman–Crippen MR) is 184 cm³/mol. The number of unbranched alkanes of at least 4 members (excludes halogenated alkanes) is 6. The Morgan fingerprint density at radius 2 is 0.627 bits per heavy atom. The highest BCUT2D eigenvalue weighted by molar-refractivity contribution is 6.32. The highest BCUT2D eigenvalue weighted by atomic mass is 16.6. The SMILES string of the molecule is CCCCCCCCCC(=O)OCCOCCOCCOCCOCCOCCOCCOCCOCCOCCOC(=O)CCC(=O)C(=O)O. The molecule has 1 N–H and O–H groups in total. The molecule has 0 aromatic rings. The lowest BCUT2D eigenvalue weighted by atomic mass is 10.1. The van der Waals surface area contributed by atoms with Crippen molar-refractivity contribution in [1.82, 2.24) is 0 Å². The molecular weight excluding hydrogens is 676 g/mol. The zero-order valence-corrected chi connectivity index (χ0v) is 30.8. The predicted octanol–water partition coefficient (Wildman–Crippen LogP) is 2.80. The molecular formula is C35H64O16. The molecule has 0 rings (SSSR count). The molecule has 0 saturated carbocycles. The van der Waals surface area contributed by atoms with Crippen LogP contribution in [0.1, 0.15) is 71.1 Å². The van der Waals surface area contributed by atoms with Crippen molar-refractivity contribution in [1.29, 1.82) is 0 Å². The van der Waals surface area contributed by atoms with E-state index in [0.717, 1.165) is 12.8 Å². The molecule has 0 radical (unpaired) electrons. The van der Waals surface area contributed by atoms with Crippen LogP contribution < -0.4 is 0 Å². The van der Waals surface area contributed by atoms with E-state index in [9.17, 15) is 19.2 Å². The lowest BCUT2D eigenvalue weighted by molar-refractivity contribution is -0.151. The molecule has 0 atom stereocenters. The van der Waals surface area contributed by atoms with Crippen LogP contribution in [-0.2, 0) is 71.3 Å². The third-order valence-corrected chi connectivity index (χ3v) is 6.74. The number of esters is 2. The van der Waals surface area contributed by atoms with Crippen LogP contribution >= 0.6 is 0 Å². The second-order valence-electron chi connectivity index (χ2n) is 11.1. The molecule has 51 heavy (non-hydrogen) atoms. The Hall–Kier alpha value is -2.28. The Morgan fingerprint density at radius 3 is 0.941 bits per heavy atom. The molecule has 0 aliphatic carbocycles. The number of rotatable bonds is 42. The van der Waals surface area contributed by atoms with E-state index in [0.29, 0.717) is 119 Å². The molecule has 16 heteroatoms. The number of ketones is 1. The van der Waals surface area contributed by atoms with Gasteiger partial charge in [-0.25, -0.2) is 4.79 Å². The number of Topliss-reactive ketones (excluding diaryl/α,β-unsaturated/α-hetero) is 1. The minimum atomic E-state index is -1.56. The topological polar surface area (TPSA) is 190 Å². The first-order valence-corrected chi connectivity index (χ1v) is 18.2. The third-order valence-electron chi connectivity index (χ3n) is 6.74. The zero-order valence-electron chi connectivity index (χ0n) is 30.8. The number of hydrogen-bond acceptors (Lipinski definition) is 15. The van der Waals surface area contributed by atoms with Gasteiger partial charge < -0.3 is 57.2 Å². The minimum Gasteiger partial charge on any atom is -0.476 e. The van der Waals surface area contributed by atoms with Gasteiger partial charge in [-0.15, -0.1) is 0 Å². The van der Waals surface area contributed by atoms with E-state index in [1.807, 2.05) is 0 Å². The van der Waals surface area contributed by atoms with E-state index >= 15 is 0 Å². The van der Waals surface area contributed by atoms with E-state index in [2.05, 4.69) is 6.92 Å². The summed E-state index contributed by atoms with van der Waals surface area (Å²) in [7, 11) is 0. The third kappa shape index (κ3) is 40.4. The molecule has 0 fully saturated rings. The molecule has 0 aromatic carbocycles. The summed E-state index contributed by atoms with van der Waals surface area (Å²) in [6.07, 6.45) is 8.05. The zero-order chi connectivity index (χ0) is 37.3. The quantitative estimate of drug-likeness (QED) is 0.0546. The number of ether oxygens (including phenoxy) is 11. The first-order valence-electron chi connectivity index (χ1n) is 18.2. The van der Waals surface area contributed by atoms with Crippen molar-refractivity contribution in [2.75, 3.05) is 132 Å². The minimum absolute atomic E-state index is 0.0110. The van der Waals surface area contributed by atoms with Gasteiger partial charge in [-0.05, 0) is 6.42 Å². The Bertz CT molecular complexity index is 813. The van der Waals surface area contributed by atoms with Crippen molar-refractivity contribution in [3.63, 3.8) is 0 Å². The van der Waals surface area contributed by atoms with Crippen molar-refractivity contribution in [3.05, 3.63) is 0 Å². The number of hydrogen-bond donors (Lipinski definition) is 1. The summed E-state index contributed by atoms with van der Waals surface area (Å²) < 4.78 is 58.7. The van der Waals surface area contributed by atoms with Gasteiger partial charge in [-0.3, -0.25) is 14.4 Å². The van der Waals surface area contributed by atoms with Gasteiger partial charge in [0.2, 0.25) is 5.78 Å². The lowest BCUT2D eigenvalue weighted by Gasteiger charge is -2.09. The maximum Gasteiger partial charge on any atom is 0.372 e. The fourth-order valence-corrected chi connectivity index (χ4v) is 3.98. The highest BCUT2D eigenvalue weighted by Crippen LogP contribution is 2.08. The normalized spacial score (nSPS) is 11.2. The monoisotopic (exact) mass is 740 g/mol. The summed E-state index contributed by atoms with van der Waals surface area (Å²) in [4.78, 5) is 44.4. The van der Waals surface area contributed by atoms with E-state index in [4.69, 9.17) is 57.2 Å². The van der Waals surface area contributed by atoms with Gasteiger partial charge in [0.15, 0.2) is 0 Å². The number of carbonyl (C=O) groups excluding carboxylic acids is 3. The maximum atomic E-state index is 11.7. The molecule has 0 aliphatic rings. The molecule has 300 valence electrons. The van der Waals surface area contributed by atoms with E-state index in [1.54, 1.807) is 0 Å². The van der Waals surface area contributed by atoms with Gasteiger partial charge in [-0.2, -0.15) is 0 Å². The van der Waals surface area contributed by atoms with Crippen LogP contribution in [0.3, 0.4) is 0 Å². The van der Waals surface area contributed by atoms with E-state index in [-0.39, 0.29) is 38.6 Å². The smallest absolute Gasteiger partial charge is 0.372 e. The van der Waals surface area contributed by atoms with Crippen LogP contribution in [0.2, 0.25) is 0 Å². The Labute approximate surface area is 303 Å². The van der Waals surface area contributed by atoms with Crippen molar-refractivity contribution in [2.24, 2.45) is 0 Å². The molecule has 0 unspecified atom stereocenters. The Kier molecular flexibility index (Phi) is 38.7. The average molecular weight is 741 g/mol. The molecule has 0 amide bonds. The number of aliphatic carboxylic acids is 1. The molecule has 0 aliphatic heterocycles. The summed E-state index contributed by atoms with van der Waals surface area (Å²) in [5.74, 6) is -3.40. The molecule has 16 nitrogen and oxygen atoms in total. The van der Waals surface area contributed by atoms with Gasteiger partial charge >= 0.3 is 17.9 Å². The molecule has 0 spiro atoms. The van der Waals surface area contributed by atoms with Crippen molar-refractivity contribution < 1.29 is 76.4 Å². The first-order chi connectivity index (χ1) is 25.0. The van der Waals surface area contributed by atoms with Gasteiger partial charge in [0.25, 0.3) is 0 Å². The fraction of sp³-hybridized carbons (Fsp3) is 0.886. The number of carbonyl (C=O) groups is 4. The summed E-state index contributed by atoms with van der Waals surface area (Å²) >= 11 is 0. The van der Waals surface area contributed by atoms with Crippen LogP contribution in [0.15, 0.2) is 0 Å². The van der Waals surface area contributed by atoms with Gasteiger partial charge in [-0.1, -0.05) is 45.4 Å². The molecule has 0 heterocycles. The van der Waals surface area contributed by atoms with Crippen LogP contribution in [0, 0.1) is 0 Å². The van der Waals surface area contributed by atoms with Crippen LogP contribution in [0.4, 0.5) is 0 Å². The van der Waals surface area contributed by atoms with Crippen molar-refractivity contribution in [2.45, 2.75) is 71.1 Å². The molecule has 0 saturated heterocycles. The van der Waals surface area contributed by atoms with Crippen LogP contribution in [0.5, 0.6) is 0 Å². The fourth-order valence-electron chi connectivity index (χ4n) is 3.98. The second kappa shape index (κ2) is 40.5. The van der Waals surface area contributed by atoms with E-state index < -0.39 is 17.7 Å². The van der Waals surface area contributed by atoms with Gasteiger partial charge in [0.1, 0.15) is 13.2 Å². The van der Waals surface area contributed by atoms with Crippen LogP contribution in [-0.4, -0.2) is 161 Å². The van der Waals surface area contributed by atoms with Gasteiger partial charge in [0.05, 0.1) is 125 Å². The van der Waals surface area contributed by atoms with Crippen molar-refractivity contribution in [3.8, 4) is 0 Å². The Balaban J connectivity index is 3.16. The van der Waals surface area contributed by atoms with Crippen molar-refractivity contribution >= 4 is 23.7 Å². The average Bonchev–Trinajstić information content (AvgIpc) is 3.12. The van der Waals surface area contributed by atoms with Gasteiger partial charge in [0, 0.05) is 12.8 Å². The number of carboxylic acids is 1. The number of carboxylic acid groups (broad SMARTS) is 1. The highest BCUT2D eigenvalue weighted by Gasteiger charge is 2.14. The second-order valence-corrected chi connectivity index (χ2v) is 11.1. The van der Waals surface area contributed by atoms with Crippen LogP contribution in [0.25, 0.3) is 0 Å². The molecule has 0 bridgehead atoms. The van der Waals surface area contributed by atoms with E-state index in [1.165, 1.54) is 32.1 Å². The largest absolute Gasteiger partial charge is 0.476 e. The molecule has 0 aromatic heterocycles. The maximum absolute atomic E-state index is 11.7. The summed E-state index contributed by atoms with van der Waals surface area (Å²) in [5, 5.41) is 8.45. The summed E-state index contributed by atoms with van der Waals surface area (Å²) in [6, 6.07) is 0. The Morgan fingerprint density at radius 1 is 0.353 bits per heavy atom. The lowest BCUT2D eigenvalue weighted by Crippen LogP contribution is -2.17. The first kappa shape index (κ1) is 48.7. The summed E-state index contributed by atoms with van der Waals surface area (Å²) in [6.45, 7) is 9.96.